The van der Waals surface area contributed by atoms with Crippen LogP contribution < -0.4 is 0 Å². The number of nitrogens with zero attached hydrogens (tertiary/aromatic N) is 3. The first-order valence-electron chi connectivity index (χ1n) is 9.97. The zero-order valence-electron chi connectivity index (χ0n) is 19.0. The SMILES string of the molecule is CC(C)(C)OC(=O)N1CCN2N=C(C(F)(F)CO[Si](C)(C)C(C)(C)C)C(C(=O)O)C21. The number of carboxylic acid groups (broad SMARTS) is 1. The fraction of sp³-hybridized carbons (Fsp3) is 0.842. The normalized spacial score (nSPS) is 22.8. The van der Waals surface area contributed by atoms with E-state index in [1.807, 2.05) is 33.9 Å². The Bertz CT molecular complexity index is 731. The molecule has 0 bridgehead atoms. The number of halogens is 2. The fourth-order valence-corrected chi connectivity index (χ4v) is 4.04. The highest BCUT2D eigenvalue weighted by atomic mass is 28.4. The van der Waals surface area contributed by atoms with Crippen LogP contribution in [-0.2, 0) is 14.0 Å². The molecule has 2 unspecified atom stereocenters. The number of hydrogen-bond acceptors (Lipinski definition) is 6. The molecule has 0 aromatic carbocycles. The molecule has 0 spiro atoms. The molecule has 0 aliphatic carbocycles. The molecule has 2 aliphatic rings. The number of ether oxygens (including phenoxy) is 1. The van der Waals surface area contributed by atoms with E-state index in [2.05, 4.69) is 5.10 Å². The second-order valence-electron chi connectivity index (χ2n) is 10.3. The molecule has 1 amide bonds. The van der Waals surface area contributed by atoms with Gasteiger partial charge in [-0.05, 0) is 38.9 Å². The minimum Gasteiger partial charge on any atom is -0.481 e. The zero-order chi connectivity index (χ0) is 23.3. The molecule has 172 valence electrons. The van der Waals surface area contributed by atoms with Crippen molar-refractivity contribution in [1.82, 2.24) is 9.91 Å². The maximum absolute atomic E-state index is 15.1. The summed E-state index contributed by atoms with van der Waals surface area (Å²) < 4.78 is 41.2. The number of rotatable bonds is 5. The molecule has 1 fully saturated rings. The Morgan fingerprint density at radius 1 is 1.17 bits per heavy atom. The van der Waals surface area contributed by atoms with E-state index in [1.54, 1.807) is 20.8 Å². The van der Waals surface area contributed by atoms with Crippen molar-refractivity contribution in [2.75, 3.05) is 19.7 Å². The van der Waals surface area contributed by atoms with Gasteiger partial charge in [0, 0.05) is 6.54 Å². The van der Waals surface area contributed by atoms with Crippen molar-refractivity contribution in [3.8, 4) is 0 Å². The molecule has 2 rings (SSSR count). The van der Waals surface area contributed by atoms with Crippen molar-refractivity contribution in [2.45, 2.75) is 77.4 Å². The van der Waals surface area contributed by atoms with E-state index < -0.39 is 56.3 Å². The topological polar surface area (TPSA) is 91.7 Å². The molecule has 11 heteroatoms. The Labute approximate surface area is 177 Å². The first-order valence-corrected chi connectivity index (χ1v) is 12.9. The molecule has 2 atom stereocenters. The van der Waals surface area contributed by atoms with Gasteiger partial charge in [0.15, 0.2) is 8.32 Å². The van der Waals surface area contributed by atoms with Gasteiger partial charge in [-0.2, -0.15) is 13.9 Å². The second kappa shape index (κ2) is 7.74. The number of hydrazone groups is 1. The lowest BCUT2D eigenvalue weighted by Crippen LogP contribution is -2.52. The van der Waals surface area contributed by atoms with Gasteiger partial charge in [0.25, 0.3) is 0 Å². The predicted octanol–water partition coefficient (Wildman–Crippen LogP) is 3.59. The summed E-state index contributed by atoms with van der Waals surface area (Å²) >= 11 is 0. The first-order chi connectivity index (χ1) is 13.4. The lowest BCUT2D eigenvalue weighted by molar-refractivity contribution is -0.142. The summed E-state index contributed by atoms with van der Waals surface area (Å²) in [5.41, 5.74) is -1.58. The van der Waals surface area contributed by atoms with Crippen molar-refractivity contribution in [3.63, 3.8) is 0 Å². The Kier molecular flexibility index (Phi) is 6.32. The van der Waals surface area contributed by atoms with Gasteiger partial charge in [0.1, 0.15) is 30.0 Å². The zero-order valence-corrected chi connectivity index (χ0v) is 20.0. The van der Waals surface area contributed by atoms with Crippen LogP contribution in [0.4, 0.5) is 13.6 Å². The molecule has 1 N–H and O–H groups in total. The highest BCUT2D eigenvalue weighted by molar-refractivity contribution is 6.74. The van der Waals surface area contributed by atoms with Gasteiger partial charge in [0.05, 0.1) is 6.54 Å². The number of carbonyl (C=O) groups excluding carboxylic acids is 1. The standard InChI is InChI=1S/C19H33F2N3O5Si/c1-17(2,3)29-16(27)23-9-10-24-14(23)12(15(25)26)13(22-24)19(20,21)11-28-30(7,8)18(4,5)6/h12,14H,9-11H2,1-8H3,(H,25,26). The maximum atomic E-state index is 15.1. The number of alkyl halides is 2. The highest BCUT2D eigenvalue weighted by Crippen LogP contribution is 2.40. The molecule has 1 saturated heterocycles. The number of amides is 1. The Morgan fingerprint density at radius 2 is 1.73 bits per heavy atom. The van der Waals surface area contributed by atoms with Crippen molar-refractivity contribution in [1.29, 1.82) is 0 Å². The molecule has 8 nitrogen and oxygen atoms in total. The van der Waals surface area contributed by atoms with Crippen LogP contribution in [0.1, 0.15) is 41.5 Å². The lowest BCUT2D eigenvalue weighted by atomic mass is 9.96. The number of aliphatic carboxylic acids is 1. The minimum absolute atomic E-state index is 0.145. The number of carboxylic acids is 1. The van der Waals surface area contributed by atoms with Crippen molar-refractivity contribution < 1.29 is 32.6 Å². The van der Waals surface area contributed by atoms with E-state index in [4.69, 9.17) is 9.16 Å². The lowest BCUT2D eigenvalue weighted by Gasteiger charge is -2.37. The Hall–Kier alpha value is -1.75. The Morgan fingerprint density at radius 3 is 2.20 bits per heavy atom. The van der Waals surface area contributed by atoms with Gasteiger partial charge in [-0.15, -0.1) is 0 Å². The van der Waals surface area contributed by atoms with Crippen LogP contribution in [0.3, 0.4) is 0 Å². The quantitative estimate of drug-likeness (QED) is 0.645. The van der Waals surface area contributed by atoms with Crippen LogP contribution in [-0.4, -0.2) is 78.5 Å². The van der Waals surface area contributed by atoms with E-state index >= 15 is 8.78 Å². The molecule has 2 aliphatic heterocycles. The summed E-state index contributed by atoms with van der Waals surface area (Å²) in [7, 11) is -2.48. The third kappa shape index (κ3) is 4.93. The summed E-state index contributed by atoms with van der Waals surface area (Å²) in [6.07, 6.45) is -1.90. The number of fused-ring (bicyclic) bond motifs is 1. The van der Waals surface area contributed by atoms with Crippen LogP contribution in [0.5, 0.6) is 0 Å². The molecule has 0 saturated carbocycles. The molecular weight excluding hydrogens is 416 g/mol. The molecule has 0 aromatic heterocycles. The van der Waals surface area contributed by atoms with Crippen molar-refractivity contribution in [2.24, 2.45) is 11.0 Å². The first kappa shape index (κ1) is 24.5. The van der Waals surface area contributed by atoms with E-state index in [1.165, 1.54) is 5.01 Å². The number of hydrogen-bond donors (Lipinski definition) is 1. The minimum atomic E-state index is -3.58. The van der Waals surface area contributed by atoms with Crippen molar-refractivity contribution >= 4 is 26.1 Å². The van der Waals surface area contributed by atoms with Gasteiger partial charge in [0.2, 0.25) is 0 Å². The fourth-order valence-electron chi connectivity index (χ4n) is 3.07. The van der Waals surface area contributed by atoms with Gasteiger partial charge >= 0.3 is 18.0 Å². The Balaban J connectivity index is 2.25. The monoisotopic (exact) mass is 449 g/mol. The average molecular weight is 450 g/mol. The van der Waals surface area contributed by atoms with E-state index in [0.717, 1.165) is 4.90 Å². The largest absolute Gasteiger partial charge is 0.481 e. The average Bonchev–Trinajstić information content (AvgIpc) is 3.09. The van der Waals surface area contributed by atoms with Gasteiger partial charge in [-0.25, -0.2) is 4.79 Å². The summed E-state index contributed by atoms with van der Waals surface area (Å²) in [5, 5.41) is 14.6. The number of carbonyl (C=O) groups is 2. The van der Waals surface area contributed by atoms with Crippen LogP contribution in [0.25, 0.3) is 0 Å². The molecule has 0 radical (unpaired) electrons. The highest BCUT2D eigenvalue weighted by Gasteiger charge is 2.58. The van der Waals surface area contributed by atoms with Gasteiger partial charge in [-0.3, -0.25) is 14.7 Å². The molecule has 30 heavy (non-hydrogen) atoms. The summed E-state index contributed by atoms with van der Waals surface area (Å²) in [4.78, 5) is 25.6. The van der Waals surface area contributed by atoms with Crippen LogP contribution in [0.15, 0.2) is 5.10 Å². The van der Waals surface area contributed by atoms with Crippen LogP contribution in [0.2, 0.25) is 18.1 Å². The van der Waals surface area contributed by atoms with Crippen LogP contribution in [0, 0.1) is 5.92 Å². The van der Waals surface area contributed by atoms with E-state index in [9.17, 15) is 14.7 Å². The second-order valence-corrected chi connectivity index (χ2v) is 15.1. The van der Waals surface area contributed by atoms with Crippen molar-refractivity contribution in [3.05, 3.63) is 0 Å². The molecule has 2 heterocycles. The third-order valence-corrected chi connectivity index (χ3v) is 10.2. The molecular formula is C19H33F2N3O5Si. The van der Waals surface area contributed by atoms with Crippen LogP contribution >= 0.6 is 0 Å². The van der Waals surface area contributed by atoms with Gasteiger partial charge in [-0.1, -0.05) is 20.8 Å². The summed E-state index contributed by atoms with van der Waals surface area (Å²) in [5.74, 6) is -6.72. The van der Waals surface area contributed by atoms with E-state index in [0.29, 0.717) is 0 Å². The maximum Gasteiger partial charge on any atom is 0.412 e. The smallest absolute Gasteiger partial charge is 0.412 e. The third-order valence-electron chi connectivity index (χ3n) is 5.71. The summed E-state index contributed by atoms with van der Waals surface area (Å²) in [6, 6.07) is 0. The van der Waals surface area contributed by atoms with E-state index in [-0.39, 0.29) is 18.1 Å². The predicted molar refractivity (Wildman–Crippen MR) is 110 cm³/mol. The summed E-state index contributed by atoms with van der Waals surface area (Å²) in [6.45, 7) is 13.9. The van der Waals surface area contributed by atoms with Gasteiger partial charge < -0.3 is 14.3 Å². The molecule has 0 aromatic rings.